The number of aromatic nitrogens is 2. The van der Waals surface area contributed by atoms with E-state index in [1.807, 2.05) is 36.2 Å². The van der Waals surface area contributed by atoms with Gasteiger partial charge in [-0.25, -0.2) is 4.98 Å². The summed E-state index contributed by atoms with van der Waals surface area (Å²) in [4.78, 5) is 22.5. The van der Waals surface area contributed by atoms with E-state index in [2.05, 4.69) is 22.2 Å². The third kappa shape index (κ3) is 2.68. The fourth-order valence-corrected chi connectivity index (χ4v) is 3.09. The first-order valence-corrected chi connectivity index (χ1v) is 7.50. The molecular weight excluding hydrogens is 280 g/mol. The Kier molecular flexibility index (Phi) is 3.83. The molecular formula is C16H20N4O2. The van der Waals surface area contributed by atoms with Gasteiger partial charge in [0.1, 0.15) is 5.82 Å². The number of anilines is 2. The van der Waals surface area contributed by atoms with E-state index in [1.165, 1.54) is 0 Å². The Labute approximate surface area is 129 Å². The highest BCUT2D eigenvalue weighted by Crippen LogP contribution is 2.28. The van der Waals surface area contributed by atoms with Crippen molar-refractivity contribution in [1.29, 1.82) is 0 Å². The molecule has 2 heterocycles. The van der Waals surface area contributed by atoms with Gasteiger partial charge in [0.2, 0.25) is 5.95 Å². The summed E-state index contributed by atoms with van der Waals surface area (Å²) in [5, 5.41) is 13.4. The maximum atomic E-state index is 11.3. The van der Waals surface area contributed by atoms with Crippen LogP contribution in [0.4, 0.5) is 11.8 Å². The minimum atomic E-state index is -0.744. The second kappa shape index (κ2) is 5.79. The average Bonchev–Trinajstić information content (AvgIpc) is 2.53. The van der Waals surface area contributed by atoms with Crippen LogP contribution >= 0.6 is 0 Å². The summed E-state index contributed by atoms with van der Waals surface area (Å²) in [6.45, 7) is 3.31. The summed E-state index contributed by atoms with van der Waals surface area (Å²) in [5.74, 6) is 0.567. The highest BCUT2D eigenvalue weighted by Gasteiger charge is 2.31. The zero-order valence-corrected chi connectivity index (χ0v) is 12.8. The predicted octanol–water partition coefficient (Wildman–Crippen LogP) is 2.22. The highest BCUT2D eigenvalue weighted by atomic mass is 16.4. The molecule has 0 saturated carbocycles. The lowest BCUT2D eigenvalue weighted by molar-refractivity contribution is -0.142. The highest BCUT2D eigenvalue weighted by molar-refractivity contribution is 5.90. The van der Waals surface area contributed by atoms with Crippen molar-refractivity contribution in [2.24, 2.45) is 11.8 Å². The van der Waals surface area contributed by atoms with E-state index < -0.39 is 5.97 Å². The third-order valence-electron chi connectivity index (χ3n) is 4.12. The van der Waals surface area contributed by atoms with Crippen LogP contribution < -0.4 is 10.2 Å². The van der Waals surface area contributed by atoms with Gasteiger partial charge in [0, 0.05) is 25.5 Å². The van der Waals surface area contributed by atoms with E-state index in [0.29, 0.717) is 24.8 Å². The number of fused-ring (bicyclic) bond motifs is 1. The lowest BCUT2D eigenvalue weighted by atomic mass is 9.91. The summed E-state index contributed by atoms with van der Waals surface area (Å²) >= 11 is 0. The summed E-state index contributed by atoms with van der Waals surface area (Å²) in [7, 11) is 1.83. The minimum Gasteiger partial charge on any atom is -0.481 e. The fraction of sp³-hybridized carbons (Fsp3) is 0.438. The molecule has 2 unspecified atom stereocenters. The van der Waals surface area contributed by atoms with Gasteiger partial charge in [-0.2, -0.15) is 4.98 Å². The van der Waals surface area contributed by atoms with Crippen LogP contribution in [0.2, 0.25) is 0 Å². The number of carbonyl (C=O) groups is 1. The molecule has 0 amide bonds. The molecule has 1 saturated heterocycles. The number of carboxylic acid groups (broad SMARTS) is 1. The van der Waals surface area contributed by atoms with Crippen LogP contribution in [0.3, 0.4) is 0 Å². The molecule has 0 radical (unpaired) electrons. The molecule has 0 aliphatic carbocycles. The molecule has 2 aromatic rings. The molecule has 22 heavy (non-hydrogen) atoms. The van der Waals surface area contributed by atoms with Crippen LogP contribution in [0.5, 0.6) is 0 Å². The Morgan fingerprint density at radius 2 is 2.09 bits per heavy atom. The van der Waals surface area contributed by atoms with Crippen LogP contribution in [0.15, 0.2) is 24.3 Å². The zero-order valence-electron chi connectivity index (χ0n) is 12.8. The Bertz CT molecular complexity index is 704. The van der Waals surface area contributed by atoms with Crippen molar-refractivity contribution in [2.45, 2.75) is 13.3 Å². The van der Waals surface area contributed by atoms with Crippen molar-refractivity contribution in [3.8, 4) is 0 Å². The number of rotatable bonds is 3. The number of carboxylic acids is 1. The van der Waals surface area contributed by atoms with Gasteiger partial charge in [-0.3, -0.25) is 4.79 Å². The van der Waals surface area contributed by atoms with Crippen molar-refractivity contribution in [3.05, 3.63) is 24.3 Å². The number of para-hydroxylation sites is 1. The topological polar surface area (TPSA) is 78.4 Å². The smallest absolute Gasteiger partial charge is 0.308 e. The van der Waals surface area contributed by atoms with Crippen LogP contribution in [0.25, 0.3) is 10.9 Å². The van der Waals surface area contributed by atoms with E-state index in [1.54, 1.807) is 0 Å². The van der Waals surface area contributed by atoms with E-state index >= 15 is 0 Å². The van der Waals surface area contributed by atoms with E-state index in [9.17, 15) is 9.90 Å². The molecule has 6 heteroatoms. The van der Waals surface area contributed by atoms with Crippen molar-refractivity contribution >= 4 is 28.6 Å². The van der Waals surface area contributed by atoms with Gasteiger partial charge >= 0.3 is 5.97 Å². The first kappa shape index (κ1) is 14.6. The quantitative estimate of drug-likeness (QED) is 0.905. The molecule has 1 aliphatic rings. The number of piperidine rings is 1. The molecule has 1 fully saturated rings. The second-order valence-corrected chi connectivity index (χ2v) is 5.92. The van der Waals surface area contributed by atoms with E-state index in [-0.39, 0.29) is 5.92 Å². The minimum absolute atomic E-state index is 0.308. The molecule has 0 spiro atoms. The van der Waals surface area contributed by atoms with Gasteiger partial charge in [-0.1, -0.05) is 19.1 Å². The number of nitrogens with one attached hydrogen (secondary N) is 1. The van der Waals surface area contributed by atoms with E-state index in [0.717, 1.165) is 23.3 Å². The third-order valence-corrected chi connectivity index (χ3v) is 4.12. The summed E-state index contributed by atoms with van der Waals surface area (Å²) in [5.41, 5.74) is 0.863. The van der Waals surface area contributed by atoms with Crippen molar-refractivity contribution in [3.63, 3.8) is 0 Å². The largest absolute Gasteiger partial charge is 0.481 e. The van der Waals surface area contributed by atoms with Crippen LogP contribution in [-0.2, 0) is 4.79 Å². The molecule has 1 aromatic carbocycles. The fourth-order valence-electron chi connectivity index (χ4n) is 3.09. The second-order valence-electron chi connectivity index (χ2n) is 5.92. The Morgan fingerprint density at radius 1 is 1.32 bits per heavy atom. The van der Waals surface area contributed by atoms with Gasteiger partial charge in [-0.05, 0) is 24.5 Å². The average molecular weight is 300 g/mol. The summed E-state index contributed by atoms with van der Waals surface area (Å²) in [6, 6.07) is 7.82. The maximum absolute atomic E-state index is 11.3. The molecule has 2 atom stereocenters. The number of hydrogen-bond acceptors (Lipinski definition) is 5. The van der Waals surface area contributed by atoms with Crippen molar-refractivity contribution < 1.29 is 9.90 Å². The lowest BCUT2D eigenvalue weighted by Gasteiger charge is -2.34. The standard InChI is InChI=1S/C16H20N4O2/c1-10-7-11(15(21)22)9-20(8-10)16-18-13-6-4-3-5-12(13)14(17-2)19-16/h3-6,10-11H,7-9H2,1-2H3,(H,21,22)(H,17,18,19). The number of aliphatic carboxylic acids is 1. The van der Waals surface area contributed by atoms with Crippen molar-refractivity contribution in [1.82, 2.24) is 9.97 Å². The van der Waals surface area contributed by atoms with Gasteiger partial charge < -0.3 is 15.3 Å². The Balaban J connectivity index is 2.00. The monoisotopic (exact) mass is 300 g/mol. The van der Waals surface area contributed by atoms with Crippen LogP contribution in [-0.4, -0.2) is 41.2 Å². The maximum Gasteiger partial charge on any atom is 0.308 e. The zero-order chi connectivity index (χ0) is 15.7. The molecule has 6 nitrogen and oxygen atoms in total. The van der Waals surface area contributed by atoms with Gasteiger partial charge in [-0.15, -0.1) is 0 Å². The molecule has 116 valence electrons. The normalized spacial score (nSPS) is 21.8. The van der Waals surface area contributed by atoms with Crippen molar-refractivity contribution in [2.75, 3.05) is 30.4 Å². The summed E-state index contributed by atoms with van der Waals surface area (Å²) in [6.07, 6.45) is 0.707. The van der Waals surface area contributed by atoms with Gasteiger partial charge in [0.25, 0.3) is 0 Å². The first-order valence-electron chi connectivity index (χ1n) is 7.50. The first-order chi connectivity index (χ1) is 10.6. The molecule has 0 bridgehead atoms. The van der Waals surface area contributed by atoms with E-state index in [4.69, 9.17) is 0 Å². The number of benzene rings is 1. The predicted molar refractivity (Wildman–Crippen MR) is 86.2 cm³/mol. The Morgan fingerprint density at radius 3 is 2.82 bits per heavy atom. The molecule has 3 rings (SSSR count). The molecule has 1 aliphatic heterocycles. The van der Waals surface area contributed by atoms with Gasteiger partial charge in [0.15, 0.2) is 0 Å². The summed E-state index contributed by atoms with van der Waals surface area (Å²) < 4.78 is 0. The SMILES string of the molecule is CNc1nc(N2CC(C)CC(C(=O)O)C2)nc2ccccc12. The number of hydrogen-bond donors (Lipinski definition) is 2. The van der Waals surface area contributed by atoms with Crippen LogP contribution in [0, 0.1) is 11.8 Å². The Hall–Kier alpha value is -2.37. The molecule has 2 N–H and O–H groups in total. The van der Waals surface area contributed by atoms with Gasteiger partial charge in [0.05, 0.1) is 11.4 Å². The molecule has 1 aromatic heterocycles. The lowest BCUT2D eigenvalue weighted by Crippen LogP contribution is -2.43. The number of nitrogens with zero attached hydrogens (tertiary/aromatic N) is 3. The van der Waals surface area contributed by atoms with Crippen LogP contribution in [0.1, 0.15) is 13.3 Å².